The molecule has 0 aliphatic rings. The van der Waals surface area contributed by atoms with E-state index < -0.39 is 0 Å². The normalized spacial score (nSPS) is 14.4. The first kappa shape index (κ1) is 14.3. The number of halogens is 2. The van der Waals surface area contributed by atoms with Crippen molar-refractivity contribution in [1.29, 1.82) is 0 Å². The van der Waals surface area contributed by atoms with E-state index in [1.807, 2.05) is 25.1 Å². The van der Waals surface area contributed by atoms with Crippen molar-refractivity contribution in [2.75, 3.05) is 0 Å². The Morgan fingerprint density at radius 3 is 2.78 bits per heavy atom. The molecular weight excluding hydrogens is 352 g/mol. The van der Waals surface area contributed by atoms with E-state index in [1.165, 1.54) is 4.88 Å². The van der Waals surface area contributed by atoms with Crippen LogP contribution in [0.2, 0.25) is 5.02 Å². The van der Waals surface area contributed by atoms with Crippen molar-refractivity contribution in [2.45, 2.75) is 23.2 Å². The van der Waals surface area contributed by atoms with Crippen molar-refractivity contribution in [3.8, 4) is 0 Å². The van der Waals surface area contributed by atoms with E-state index in [4.69, 9.17) is 17.3 Å². The molecule has 0 radical (unpaired) electrons. The SMILES string of the molecule is CC(N)C(Sc1ncccc1Cl)c1ccc(Br)s1. The second kappa shape index (κ2) is 6.39. The highest BCUT2D eigenvalue weighted by atomic mass is 79.9. The van der Waals surface area contributed by atoms with Crippen LogP contribution in [0.25, 0.3) is 0 Å². The Balaban J connectivity index is 2.25. The fraction of sp³-hybridized carbons (Fsp3) is 0.250. The first-order chi connectivity index (χ1) is 8.58. The van der Waals surface area contributed by atoms with Crippen LogP contribution < -0.4 is 5.73 Å². The average molecular weight is 364 g/mol. The third-order valence-corrected chi connectivity index (χ3v) is 6.07. The molecule has 2 heterocycles. The highest BCUT2D eigenvalue weighted by molar-refractivity contribution is 9.11. The van der Waals surface area contributed by atoms with Gasteiger partial charge in [-0.3, -0.25) is 0 Å². The minimum absolute atomic E-state index is 0.0265. The van der Waals surface area contributed by atoms with Gasteiger partial charge in [-0.2, -0.15) is 0 Å². The summed E-state index contributed by atoms with van der Waals surface area (Å²) in [7, 11) is 0. The number of nitrogens with zero attached hydrogens (tertiary/aromatic N) is 1. The number of aromatic nitrogens is 1. The number of hydrogen-bond acceptors (Lipinski definition) is 4. The Kier molecular flexibility index (Phi) is 5.09. The van der Waals surface area contributed by atoms with Gasteiger partial charge in [-0.05, 0) is 47.1 Å². The molecule has 0 saturated heterocycles. The van der Waals surface area contributed by atoms with Crippen LogP contribution in [0.15, 0.2) is 39.3 Å². The molecule has 0 spiro atoms. The molecule has 2 N–H and O–H groups in total. The highest BCUT2D eigenvalue weighted by Gasteiger charge is 2.21. The molecule has 96 valence electrons. The Hall–Kier alpha value is -0.0700. The lowest BCUT2D eigenvalue weighted by atomic mass is 10.2. The molecule has 2 unspecified atom stereocenters. The van der Waals surface area contributed by atoms with Gasteiger partial charge in [-0.15, -0.1) is 11.3 Å². The van der Waals surface area contributed by atoms with Crippen LogP contribution in [-0.2, 0) is 0 Å². The van der Waals surface area contributed by atoms with Crippen LogP contribution in [0.5, 0.6) is 0 Å². The van der Waals surface area contributed by atoms with Crippen molar-refractivity contribution in [1.82, 2.24) is 4.98 Å². The topological polar surface area (TPSA) is 38.9 Å². The van der Waals surface area contributed by atoms with Gasteiger partial charge in [0, 0.05) is 17.1 Å². The maximum Gasteiger partial charge on any atom is 0.115 e. The van der Waals surface area contributed by atoms with Crippen LogP contribution in [0.4, 0.5) is 0 Å². The maximum atomic E-state index is 6.14. The molecule has 2 rings (SSSR count). The van der Waals surface area contributed by atoms with Crippen LogP contribution in [0, 0.1) is 0 Å². The molecule has 0 bridgehead atoms. The van der Waals surface area contributed by atoms with Crippen LogP contribution in [-0.4, -0.2) is 11.0 Å². The average Bonchev–Trinajstić information content (AvgIpc) is 2.74. The zero-order chi connectivity index (χ0) is 13.1. The standard InChI is InChI=1S/C12H12BrClN2S2/c1-7(15)11(9-4-5-10(13)17-9)18-12-8(14)3-2-6-16-12/h2-7,11H,15H2,1H3. The molecular formula is C12H12BrClN2S2. The lowest BCUT2D eigenvalue weighted by Gasteiger charge is -2.18. The molecule has 6 heteroatoms. The summed E-state index contributed by atoms with van der Waals surface area (Å²) in [6, 6.07) is 7.83. The summed E-state index contributed by atoms with van der Waals surface area (Å²) in [5.74, 6) is 0. The van der Waals surface area contributed by atoms with Gasteiger partial charge in [0.25, 0.3) is 0 Å². The third kappa shape index (κ3) is 3.48. The second-order valence-corrected chi connectivity index (χ2v) is 7.86. The number of thioether (sulfide) groups is 1. The van der Waals surface area contributed by atoms with E-state index in [0.717, 1.165) is 8.81 Å². The molecule has 0 aliphatic carbocycles. The summed E-state index contributed by atoms with van der Waals surface area (Å²) in [4.78, 5) is 5.53. The summed E-state index contributed by atoms with van der Waals surface area (Å²) in [6.45, 7) is 2.00. The van der Waals surface area contributed by atoms with E-state index >= 15 is 0 Å². The summed E-state index contributed by atoms with van der Waals surface area (Å²) >= 11 is 12.9. The van der Waals surface area contributed by atoms with Crippen LogP contribution in [0.1, 0.15) is 17.1 Å². The number of rotatable bonds is 4. The Bertz CT molecular complexity index is 530. The van der Waals surface area contributed by atoms with Gasteiger partial charge in [-0.1, -0.05) is 23.4 Å². The van der Waals surface area contributed by atoms with Crippen LogP contribution in [0.3, 0.4) is 0 Å². The zero-order valence-corrected chi connectivity index (χ0v) is 13.6. The van der Waals surface area contributed by atoms with E-state index in [2.05, 4.69) is 27.0 Å². The van der Waals surface area contributed by atoms with E-state index in [0.29, 0.717) is 5.02 Å². The van der Waals surface area contributed by atoms with Crippen molar-refractivity contribution >= 4 is 50.6 Å². The predicted molar refractivity (Wildman–Crippen MR) is 83.5 cm³/mol. The summed E-state index contributed by atoms with van der Waals surface area (Å²) < 4.78 is 1.11. The molecule has 0 aromatic carbocycles. The van der Waals surface area contributed by atoms with Gasteiger partial charge in [0.1, 0.15) is 5.03 Å². The maximum absolute atomic E-state index is 6.14. The highest BCUT2D eigenvalue weighted by Crippen LogP contribution is 2.42. The molecule has 0 amide bonds. The monoisotopic (exact) mass is 362 g/mol. The first-order valence-electron chi connectivity index (χ1n) is 5.36. The van der Waals surface area contributed by atoms with Crippen molar-refractivity contribution in [3.63, 3.8) is 0 Å². The first-order valence-corrected chi connectivity index (χ1v) is 8.22. The Morgan fingerprint density at radius 1 is 1.44 bits per heavy atom. The summed E-state index contributed by atoms with van der Waals surface area (Å²) in [6.07, 6.45) is 1.75. The minimum atomic E-state index is 0.0265. The van der Waals surface area contributed by atoms with Gasteiger partial charge in [0.2, 0.25) is 0 Å². The fourth-order valence-electron chi connectivity index (χ4n) is 1.48. The molecule has 2 nitrogen and oxygen atoms in total. The molecule has 2 atom stereocenters. The summed E-state index contributed by atoms with van der Waals surface area (Å²) in [5.41, 5.74) is 6.08. The van der Waals surface area contributed by atoms with Crippen LogP contribution >= 0.6 is 50.6 Å². The smallest absolute Gasteiger partial charge is 0.115 e. The molecule has 18 heavy (non-hydrogen) atoms. The molecule has 0 fully saturated rings. The van der Waals surface area contributed by atoms with E-state index in [-0.39, 0.29) is 11.3 Å². The van der Waals surface area contributed by atoms with E-state index in [1.54, 1.807) is 29.3 Å². The summed E-state index contributed by atoms with van der Waals surface area (Å²) in [5, 5.41) is 1.66. The van der Waals surface area contributed by atoms with E-state index in [9.17, 15) is 0 Å². The molecule has 0 saturated carbocycles. The van der Waals surface area contributed by atoms with Gasteiger partial charge in [0.15, 0.2) is 0 Å². The second-order valence-electron chi connectivity index (χ2n) is 3.83. The molecule has 2 aromatic rings. The van der Waals surface area contributed by atoms with Crippen molar-refractivity contribution in [3.05, 3.63) is 44.1 Å². The van der Waals surface area contributed by atoms with Gasteiger partial charge in [0.05, 0.1) is 14.1 Å². The van der Waals surface area contributed by atoms with Gasteiger partial charge >= 0.3 is 0 Å². The molecule has 2 aromatic heterocycles. The molecule has 0 aliphatic heterocycles. The minimum Gasteiger partial charge on any atom is -0.327 e. The number of nitrogens with two attached hydrogens (primary N) is 1. The zero-order valence-electron chi connectivity index (χ0n) is 9.64. The Labute approximate surface area is 128 Å². The largest absolute Gasteiger partial charge is 0.327 e. The quantitative estimate of drug-likeness (QED) is 0.797. The number of pyridine rings is 1. The van der Waals surface area contributed by atoms with Gasteiger partial charge < -0.3 is 5.73 Å². The predicted octanol–water partition coefficient (Wildman–Crippen LogP) is 4.74. The third-order valence-electron chi connectivity index (χ3n) is 2.32. The lowest BCUT2D eigenvalue weighted by molar-refractivity contribution is 0.728. The van der Waals surface area contributed by atoms with Gasteiger partial charge in [-0.25, -0.2) is 4.98 Å². The number of hydrogen-bond donors (Lipinski definition) is 1. The lowest BCUT2D eigenvalue weighted by Crippen LogP contribution is -2.22. The van der Waals surface area contributed by atoms with Crippen molar-refractivity contribution in [2.24, 2.45) is 5.73 Å². The van der Waals surface area contributed by atoms with Crippen molar-refractivity contribution < 1.29 is 0 Å². The Morgan fingerprint density at radius 2 is 2.22 bits per heavy atom. The number of thiophene rings is 1. The fourth-order valence-corrected chi connectivity index (χ4v) is 4.50.